The van der Waals surface area contributed by atoms with Gasteiger partial charge in [0.15, 0.2) is 0 Å². The zero-order valence-corrected chi connectivity index (χ0v) is 11.0. The summed E-state index contributed by atoms with van der Waals surface area (Å²) >= 11 is 0. The third-order valence-corrected chi connectivity index (χ3v) is 3.82. The van der Waals surface area contributed by atoms with Crippen LogP contribution in [0.3, 0.4) is 0 Å². The van der Waals surface area contributed by atoms with Gasteiger partial charge in [0.2, 0.25) is 11.8 Å². The van der Waals surface area contributed by atoms with Crippen LogP contribution in [0.5, 0.6) is 0 Å². The molecule has 0 aromatic rings. The van der Waals surface area contributed by atoms with Crippen molar-refractivity contribution in [2.75, 3.05) is 26.2 Å². The Hall–Kier alpha value is -1.63. The summed E-state index contributed by atoms with van der Waals surface area (Å²) in [5.74, 6) is -0.965. The van der Waals surface area contributed by atoms with Gasteiger partial charge in [0, 0.05) is 32.6 Å². The lowest BCUT2D eigenvalue weighted by atomic mass is 10.1. The first-order valence-corrected chi connectivity index (χ1v) is 6.54. The molecule has 19 heavy (non-hydrogen) atoms. The number of rotatable bonds is 3. The van der Waals surface area contributed by atoms with Crippen LogP contribution in [0.4, 0.5) is 0 Å². The fraction of sp³-hybridized carbons (Fsp3) is 0.750. The largest absolute Gasteiger partial charge is 0.480 e. The number of carbonyl (C=O) groups is 3. The molecule has 0 spiro atoms. The zero-order valence-electron chi connectivity index (χ0n) is 11.0. The Bertz CT molecular complexity index is 390. The van der Waals surface area contributed by atoms with E-state index in [1.807, 2.05) is 4.90 Å². The maximum absolute atomic E-state index is 12.1. The number of hydrogen-bond donors (Lipinski definition) is 2. The van der Waals surface area contributed by atoms with Gasteiger partial charge in [-0.1, -0.05) is 0 Å². The van der Waals surface area contributed by atoms with Crippen molar-refractivity contribution in [3.63, 3.8) is 0 Å². The van der Waals surface area contributed by atoms with E-state index < -0.39 is 18.1 Å². The number of carbonyl (C=O) groups excluding carboxylic acids is 2. The molecule has 2 aliphatic rings. The second-order valence-corrected chi connectivity index (χ2v) is 5.03. The van der Waals surface area contributed by atoms with E-state index in [0.29, 0.717) is 39.0 Å². The van der Waals surface area contributed by atoms with Crippen LogP contribution in [0.2, 0.25) is 0 Å². The highest BCUT2D eigenvalue weighted by Gasteiger charge is 2.33. The predicted octanol–water partition coefficient (Wildman–Crippen LogP) is -1.12. The molecule has 0 radical (unpaired) electrons. The van der Waals surface area contributed by atoms with Gasteiger partial charge >= 0.3 is 5.97 Å². The van der Waals surface area contributed by atoms with Crippen molar-refractivity contribution >= 4 is 17.8 Å². The smallest absolute Gasteiger partial charge is 0.320 e. The monoisotopic (exact) mass is 269 g/mol. The van der Waals surface area contributed by atoms with E-state index in [4.69, 9.17) is 5.11 Å². The molecule has 0 bridgehead atoms. The summed E-state index contributed by atoms with van der Waals surface area (Å²) in [6, 6.07) is -0.917. The summed E-state index contributed by atoms with van der Waals surface area (Å²) in [7, 11) is 0. The van der Waals surface area contributed by atoms with Gasteiger partial charge < -0.3 is 15.3 Å². The molecule has 1 unspecified atom stereocenters. The van der Waals surface area contributed by atoms with E-state index >= 15 is 0 Å². The molecule has 106 valence electrons. The standard InChI is InChI=1S/C12H19N3O4/c1-8(12(18)19)14-4-6-15(7-5-14)11(17)9-2-3-10(16)13-9/h8-9H,2-7H2,1H3,(H,13,16)(H,18,19)/t8?,9-/m0/s1. The maximum Gasteiger partial charge on any atom is 0.320 e. The van der Waals surface area contributed by atoms with Crippen molar-refractivity contribution in [2.45, 2.75) is 31.8 Å². The molecule has 7 heteroatoms. The first-order chi connectivity index (χ1) is 8.99. The normalized spacial score (nSPS) is 26.1. The van der Waals surface area contributed by atoms with Crippen LogP contribution < -0.4 is 5.32 Å². The summed E-state index contributed by atoms with van der Waals surface area (Å²) in [5.41, 5.74) is 0. The topological polar surface area (TPSA) is 90.0 Å². The number of nitrogens with zero attached hydrogens (tertiary/aromatic N) is 2. The Balaban J connectivity index is 1.84. The molecule has 2 aliphatic heterocycles. The SMILES string of the molecule is CC(C(=O)O)N1CCN(C(=O)[C@@H]2CCC(=O)N2)CC1. The molecule has 7 nitrogen and oxygen atoms in total. The number of amides is 2. The number of piperazine rings is 1. The van der Waals surface area contributed by atoms with Gasteiger partial charge in [0.1, 0.15) is 12.1 Å². The molecule has 0 aliphatic carbocycles. The lowest BCUT2D eigenvalue weighted by Crippen LogP contribution is -2.56. The number of carboxylic acids is 1. The summed E-state index contributed by atoms with van der Waals surface area (Å²) < 4.78 is 0. The van der Waals surface area contributed by atoms with E-state index in [-0.39, 0.29) is 11.8 Å². The van der Waals surface area contributed by atoms with Crippen molar-refractivity contribution in [3.05, 3.63) is 0 Å². The second kappa shape index (κ2) is 5.56. The molecule has 2 N–H and O–H groups in total. The Kier molecular flexibility index (Phi) is 4.04. The number of hydrogen-bond acceptors (Lipinski definition) is 4. The van der Waals surface area contributed by atoms with Crippen LogP contribution in [-0.2, 0) is 14.4 Å². The highest BCUT2D eigenvalue weighted by molar-refractivity contribution is 5.90. The minimum absolute atomic E-state index is 0.0477. The van der Waals surface area contributed by atoms with Gasteiger partial charge in [0.05, 0.1) is 0 Å². The van der Waals surface area contributed by atoms with E-state index in [2.05, 4.69) is 5.32 Å². The predicted molar refractivity (Wildman–Crippen MR) is 66.4 cm³/mol. The zero-order chi connectivity index (χ0) is 14.0. The fourth-order valence-electron chi connectivity index (χ4n) is 2.51. The average Bonchev–Trinajstić information content (AvgIpc) is 2.84. The van der Waals surface area contributed by atoms with Crippen molar-refractivity contribution < 1.29 is 19.5 Å². The first-order valence-electron chi connectivity index (χ1n) is 6.54. The number of nitrogens with one attached hydrogen (secondary N) is 1. The quantitative estimate of drug-likeness (QED) is 0.677. The van der Waals surface area contributed by atoms with Crippen LogP contribution in [0.1, 0.15) is 19.8 Å². The summed E-state index contributed by atoms with van der Waals surface area (Å²) in [6.45, 7) is 3.79. The van der Waals surface area contributed by atoms with Crippen LogP contribution in [0.15, 0.2) is 0 Å². The summed E-state index contributed by atoms with van der Waals surface area (Å²) in [4.78, 5) is 37.7. The van der Waals surface area contributed by atoms with E-state index in [1.54, 1.807) is 11.8 Å². The third-order valence-electron chi connectivity index (χ3n) is 3.82. The van der Waals surface area contributed by atoms with Gasteiger partial charge in [-0.3, -0.25) is 19.3 Å². The highest BCUT2D eigenvalue weighted by atomic mass is 16.4. The summed E-state index contributed by atoms with van der Waals surface area (Å²) in [6.07, 6.45) is 0.968. The lowest BCUT2D eigenvalue weighted by Gasteiger charge is -2.37. The van der Waals surface area contributed by atoms with Crippen molar-refractivity contribution in [1.29, 1.82) is 0 Å². The molecule has 2 rings (SSSR count). The van der Waals surface area contributed by atoms with E-state index in [0.717, 1.165) is 0 Å². The van der Waals surface area contributed by atoms with Gasteiger partial charge in [-0.25, -0.2) is 0 Å². The minimum Gasteiger partial charge on any atom is -0.480 e. The minimum atomic E-state index is -0.845. The molecular weight excluding hydrogens is 250 g/mol. The van der Waals surface area contributed by atoms with Crippen LogP contribution in [0, 0.1) is 0 Å². The average molecular weight is 269 g/mol. The Labute approximate surface area is 111 Å². The molecular formula is C12H19N3O4. The Morgan fingerprint density at radius 3 is 2.42 bits per heavy atom. The molecule has 0 aromatic heterocycles. The van der Waals surface area contributed by atoms with Gasteiger partial charge in [-0.2, -0.15) is 0 Å². The molecule has 2 saturated heterocycles. The van der Waals surface area contributed by atoms with Gasteiger partial charge in [0.25, 0.3) is 0 Å². The van der Waals surface area contributed by atoms with E-state index in [9.17, 15) is 14.4 Å². The van der Waals surface area contributed by atoms with Gasteiger partial charge in [-0.15, -0.1) is 0 Å². The van der Waals surface area contributed by atoms with E-state index in [1.165, 1.54) is 0 Å². The lowest BCUT2D eigenvalue weighted by molar-refractivity contribution is -0.144. The Morgan fingerprint density at radius 2 is 1.95 bits per heavy atom. The number of aliphatic carboxylic acids is 1. The molecule has 2 amide bonds. The molecule has 0 saturated carbocycles. The molecule has 2 atom stereocenters. The Morgan fingerprint density at radius 1 is 1.32 bits per heavy atom. The first kappa shape index (κ1) is 13.8. The van der Waals surface area contributed by atoms with Crippen LogP contribution >= 0.6 is 0 Å². The maximum atomic E-state index is 12.1. The molecule has 0 aromatic carbocycles. The van der Waals surface area contributed by atoms with Crippen molar-refractivity contribution in [2.24, 2.45) is 0 Å². The van der Waals surface area contributed by atoms with Crippen LogP contribution in [0.25, 0.3) is 0 Å². The number of carboxylic acid groups (broad SMARTS) is 1. The fourth-order valence-corrected chi connectivity index (χ4v) is 2.51. The van der Waals surface area contributed by atoms with Crippen LogP contribution in [-0.4, -0.2) is 71.0 Å². The van der Waals surface area contributed by atoms with Crippen molar-refractivity contribution in [3.8, 4) is 0 Å². The summed E-state index contributed by atoms with van der Waals surface area (Å²) in [5, 5.41) is 11.6. The molecule has 2 heterocycles. The van der Waals surface area contributed by atoms with Gasteiger partial charge in [-0.05, 0) is 13.3 Å². The third kappa shape index (κ3) is 3.04. The second-order valence-electron chi connectivity index (χ2n) is 5.03. The van der Waals surface area contributed by atoms with Crippen molar-refractivity contribution in [1.82, 2.24) is 15.1 Å². The highest BCUT2D eigenvalue weighted by Crippen LogP contribution is 2.13. The molecule has 2 fully saturated rings.